The van der Waals surface area contributed by atoms with Crippen LogP contribution in [0.2, 0.25) is 0 Å². The van der Waals surface area contributed by atoms with Crippen molar-refractivity contribution in [3.8, 4) is 6.07 Å². The zero-order valence-electron chi connectivity index (χ0n) is 11.7. The fourth-order valence-corrected chi connectivity index (χ4v) is 3.16. The Morgan fingerprint density at radius 1 is 1.45 bits per heavy atom. The molecule has 1 aromatic rings. The van der Waals surface area contributed by atoms with Gasteiger partial charge in [0, 0.05) is 28.9 Å². The topological polar surface area (TPSA) is 87.0 Å². The summed E-state index contributed by atoms with van der Waals surface area (Å²) in [5.74, 6) is 0. The molecule has 0 radical (unpaired) electrons. The van der Waals surface area contributed by atoms with Crippen molar-refractivity contribution in [2.45, 2.75) is 30.4 Å². The Morgan fingerprint density at radius 3 is 2.60 bits per heavy atom. The van der Waals surface area contributed by atoms with Gasteiger partial charge >= 0.3 is 0 Å². The minimum absolute atomic E-state index is 0.0552. The highest BCUT2D eigenvalue weighted by Crippen LogP contribution is 2.14. The third-order valence-electron chi connectivity index (χ3n) is 3.04. The van der Waals surface area contributed by atoms with E-state index in [2.05, 4.69) is 4.72 Å². The van der Waals surface area contributed by atoms with Crippen molar-refractivity contribution >= 4 is 20.8 Å². The third-order valence-corrected chi connectivity index (χ3v) is 5.87. The molecule has 0 amide bonds. The number of hydrogen-bond acceptors (Lipinski definition) is 4. The van der Waals surface area contributed by atoms with Crippen LogP contribution in [0.5, 0.6) is 0 Å². The van der Waals surface area contributed by atoms with Gasteiger partial charge in [-0.25, -0.2) is 13.1 Å². The second kappa shape index (κ2) is 6.97. The molecule has 7 heteroatoms. The normalized spacial score (nSPS) is 14.5. The monoisotopic (exact) mass is 314 g/mol. The molecule has 0 heterocycles. The number of hydrogen-bond donors (Lipinski definition) is 1. The first-order valence-electron chi connectivity index (χ1n) is 6.10. The third kappa shape index (κ3) is 4.40. The molecule has 0 saturated carbocycles. The number of sulfonamides is 1. The molecule has 0 aromatic heterocycles. The average molecular weight is 314 g/mol. The van der Waals surface area contributed by atoms with Gasteiger partial charge in [-0.3, -0.25) is 4.21 Å². The first-order chi connectivity index (χ1) is 9.27. The molecular weight excluding hydrogens is 296 g/mol. The van der Waals surface area contributed by atoms with Gasteiger partial charge in [0.1, 0.15) is 0 Å². The van der Waals surface area contributed by atoms with Crippen LogP contribution in [-0.2, 0) is 20.8 Å². The van der Waals surface area contributed by atoms with Gasteiger partial charge in [-0.05, 0) is 37.1 Å². The summed E-state index contributed by atoms with van der Waals surface area (Å²) in [5.41, 5.74) is 1.08. The van der Waals surface area contributed by atoms with Crippen molar-refractivity contribution < 1.29 is 12.6 Å². The van der Waals surface area contributed by atoms with Crippen LogP contribution in [0.15, 0.2) is 23.1 Å². The lowest BCUT2D eigenvalue weighted by atomic mass is 10.1. The first kappa shape index (κ1) is 16.8. The minimum atomic E-state index is -3.59. The summed E-state index contributed by atoms with van der Waals surface area (Å²) in [6.07, 6.45) is 2.11. The Balaban J connectivity index is 2.77. The standard InChI is InChI=1S/C13H18N2O3S2/c1-10-8-13(5-4-12(10)9-14)20(17,18)15-7-6-11(2)19(3)16/h4-5,8,11,15H,6-7H2,1-3H3. The molecule has 5 nitrogen and oxygen atoms in total. The quantitative estimate of drug-likeness (QED) is 0.857. The number of benzene rings is 1. The highest BCUT2D eigenvalue weighted by atomic mass is 32.2. The molecule has 110 valence electrons. The van der Waals surface area contributed by atoms with E-state index in [-0.39, 0.29) is 16.7 Å². The van der Waals surface area contributed by atoms with E-state index in [0.717, 1.165) is 0 Å². The molecule has 1 aromatic carbocycles. The van der Waals surface area contributed by atoms with E-state index in [1.54, 1.807) is 13.2 Å². The molecule has 20 heavy (non-hydrogen) atoms. The zero-order chi connectivity index (χ0) is 15.3. The van der Waals surface area contributed by atoms with Crippen LogP contribution in [0.3, 0.4) is 0 Å². The van der Waals surface area contributed by atoms with E-state index >= 15 is 0 Å². The van der Waals surface area contributed by atoms with Crippen LogP contribution in [-0.4, -0.2) is 30.7 Å². The van der Waals surface area contributed by atoms with E-state index in [1.807, 2.05) is 13.0 Å². The maximum Gasteiger partial charge on any atom is 0.240 e. The van der Waals surface area contributed by atoms with E-state index in [9.17, 15) is 12.6 Å². The summed E-state index contributed by atoms with van der Waals surface area (Å²) in [6.45, 7) is 3.75. The second-order valence-electron chi connectivity index (χ2n) is 4.58. The summed E-state index contributed by atoms with van der Waals surface area (Å²) in [7, 11) is -4.55. The van der Waals surface area contributed by atoms with Crippen LogP contribution in [0, 0.1) is 18.3 Å². The Labute approximate surface area is 122 Å². The lowest BCUT2D eigenvalue weighted by molar-refractivity contribution is 0.578. The first-order valence-corrected chi connectivity index (χ1v) is 9.21. The fraction of sp³-hybridized carbons (Fsp3) is 0.462. The molecule has 1 rings (SSSR count). The smallest absolute Gasteiger partial charge is 0.240 e. The Morgan fingerprint density at radius 2 is 2.10 bits per heavy atom. The van der Waals surface area contributed by atoms with Crippen LogP contribution in [0.4, 0.5) is 0 Å². The van der Waals surface area contributed by atoms with Gasteiger partial charge in [0.15, 0.2) is 0 Å². The van der Waals surface area contributed by atoms with E-state index in [1.165, 1.54) is 18.2 Å². The van der Waals surface area contributed by atoms with Crippen LogP contribution in [0.1, 0.15) is 24.5 Å². The highest BCUT2D eigenvalue weighted by molar-refractivity contribution is 7.89. The van der Waals surface area contributed by atoms with Crippen LogP contribution < -0.4 is 4.72 Å². The van der Waals surface area contributed by atoms with Crippen LogP contribution in [0.25, 0.3) is 0 Å². The molecule has 0 bridgehead atoms. The molecule has 0 fully saturated rings. The molecule has 0 aliphatic carbocycles. The minimum Gasteiger partial charge on any atom is -0.260 e. The molecule has 0 aliphatic heterocycles. The van der Waals surface area contributed by atoms with Crippen molar-refractivity contribution in [1.29, 1.82) is 5.26 Å². The number of nitrogens with zero attached hydrogens (tertiary/aromatic N) is 1. The summed E-state index contributed by atoms with van der Waals surface area (Å²) < 4.78 is 37.8. The average Bonchev–Trinajstić information content (AvgIpc) is 2.38. The van der Waals surface area contributed by atoms with Crippen molar-refractivity contribution in [1.82, 2.24) is 4.72 Å². The van der Waals surface area contributed by atoms with Gasteiger partial charge in [0.2, 0.25) is 10.0 Å². The Bertz CT molecular complexity index is 648. The number of rotatable bonds is 6. The SMILES string of the molecule is Cc1cc(S(=O)(=O)NCCC(C)S(C)=O)ccc1C#N. The summed E-state index contributed by atoms with van der Waals surface area (Å²) in [5, 5.41) is 8.77. The van der Waals surface area contributed by atoms with Gasteiger partial charge < -0.3 is 0 Å². The van der Waals surface area contributed by atoms with Crippen molar-refractivity contribution in [2.75, 3.05) is 12.8 Å². The van der Waals surface area contributed by atoms with Crippen molar-refractivity contribution in [2.24, 2.45) is 0 Å². The number of aryl methyl sites for hydroxylation is 1. The lowest BCUT2D eigenvalue weighted by Crippen LogP contribution is -2.27. The summed E-state index contributed by atoms with van der Waals surface area (Å²) in [4.78, 5) is 0.138. The van der Waals surface area contributed by atoms with Gasteiger partial charge in [-0.15, -0.1) is 0 Å². The summed E-state index contributed by atoms with van der Waals surface area (Å²) >= 11 is 0. The molecule has 2 unspecified atom stereocenters. The molecule has 0 spiro atoms. The summed E-state index contributed by atoms with van der Waals surface area (Å²) in [6, 6.07) is 6.38. The molecular formula is C13H18N2O3S2. The van der Waals surface area contributed by atoms with Crippen molar-refractivity contribution in [3.63, 3.8) is 0 Å². The van der Waals surface area contributed by atoms with E-state index in [4.69, 9.17) is 5.26 Å². The Kier molecular flexibility index (Phi) is 5.87. The largest absolute Gasteiger partial charge is 0.260 e. The maximum absolute atomic E-state index is 12.1. The predicted octanol–water partition coefficient (Wildman–Crippen LogP) is 1.30. The van der Waals surface area contributed by atoms with Gasteiger partial charge in [0.25, 0.3) is 0 Å². The van der Waals surface area contributed by atoms with Gasteiger partial charge in [-0.2, -0.15) is 5.26 Å². The van der Waals surface area contributed by atoms with Crippen molar-refractivity contribution in [3.05, 3.63) is 29.3 Å². The fourth-order valence-electron chi connectivity index (χ4n) is 1.57. The van der Waals surface area contributed by atoms with Gasteiger partial charge in [0.05, 0.1) is 16.5 Å². The molecule has 0 saturated heterocycles. The van der Waals surface area contributed by atoms with Crippen LogP contribution >= 0.6 is 0 Å². The molecule has 1 N–H and O–H groups in total. The van der Waals surface area contributed by atoms with E-state index in [0.29, 0.717) is 17.5 Å². The number of nitriles is 1. The Hall–Kier alpha value is -1.23. The highest BCUT2D eigenvalue weighted by Gasteiger charge is 2.15. The lowest BCUT2D eigenvalue weighted by Gasteiger charge is -2.10. The molecule has 0 aliphatic rings. The second-order valence-corrected chi connectivity index (χ2v) is 8.15. The maximum atomic E-state index is 12.1. The van der Waals surface area contributed by atoms with Gasteiger partial charge in [-0.1, -0.05) is 6.92 Å². The number of nitrogens with one attached hydrogen (secondary N) is 1. The van der Waals surface area contributed by atoms with E-state index < -0.39 is 20.8 Å². The molecule has 2 atom stereocenters. The zero-order valence-corrected chi connectivity index (χ0v) is 13.3. The predicted molar refractivity (Wildman–Crippen MR) is 79.2 cm³/mol.